The van der Waals surface area contributed by atoms with Crippen LogP contribution in [0.1, 0.15) is 25.8 Å². The number of benzene rings is 1. The molecule has 3 rings (SSSR count). The first-order chi connectivity index (χ1) is 9.20. The molecule has 2 aromatic rings. The van der Waals surface area contributed by atoms with Crippen molar-refractivity contribution in [2.45, 2.75) is 25.8 Å². The van der Waals surface area contributed by atoms with Gasteiger partial charge in [0.25, 0.3) is 0 Å². The van der Waals surface area contributed by atoms with E-state index in [2.05, 4.69) is 16.8 Å². The molecule has 19 heavy (non-hydrogen) atoms. The van der Waals surface area contributed by atoms with Gasteiger partial charge in [0.15, 0.2) is 11.6 Å². The minimum absolute atomic E-state index is 0.176. The fourth-order valence-corrected chi connectivity index (χ4v) is 2.88. The van der Waals surface area contributed by atoms with E-state index >= 15 is 0 Å². The maximum absolute atomic E-state index is 14.0. The van der Waals surface area contributed by atoms with E-state index in [4.69, 9.17) is 0 Å². The van der Waals surface area contributed by atoms with Crippen molar-refractivity contribution in [1.82, 2.24) is 14.5 Å². The molecule has 2 heterocycles. The summed E-state index contributed by atoms with van der Waals surface area (Å²) in [7, 11) is 0. The summed E-state index contributed by atoms with van der Waals surface area (Å²) in [6.45, 7) is 5.06. The standard InChI is InChI=1S/C14H17F2N3/c1-2-18-7-3-4-10(8-18)19-9-17-12-6-5-11(15)13(16)14(12)19/h5-6,9-10H,2-4,7-8H2,1H3. The Hall–Kier alpha value is -1.49. The molecule has 0 aliphatic carbocycles. The summed E-state index contributed by atoms with van der Waals surface area (Å²) in [6.07, 6.45) is 3.70. The third-order valence-corrected chi connectivity index (χ3v) is 3.95. The van der Waals surface area contributed by atoms with E-state index in [0.29, 0.717) is 11.0 Å². The first kappa shape index (κ1) is 12.5. The van der Waals surface area contributed by atoms with Crippen molar-refractivity contribution >= 4 is 11.0 Å². The van der Waals surface area contributed by atoms with Gasteiger partial charge < -0.3 is 9.47 Å². The smallest absolute Gasteiger partial charge is 0.184 e. The normalized spacial score (nSPS) is 21.1. The largest absolute Gasteiger partial charge is 0.324 e. The van der Waals surface area contributed by atoms with Crippen molar-refractivity contribution in [2.75, 3.05) is 19.6 Å². The number of hydrogen-bond acceptors (Lipinski definition) is 2. The molecule has 1 unspecified atom stereocenters. The summed E-state index contributed by atoms with van der Waals surface area (Å²) in [5.74, 6) is -1.60. The second-order valence-electron chi connectivity index (χ2n) is 5.07. The van der Waals surface area contributed by atoms with Crippen molar-refractivity contribution in [1.29, 1.82) is 0 Å². The number of nitrogens with zero attached hydrogens (tertiary/aromatic N) is 3. The fraction of sp³-hybridized carbons (Fsp3) is 0.500. The van der Waals surface area contributed by atoms with Gasteiger partial charge in [-0.05, 0) is 38.1 Å². The van der Waals surface area contributed by atoms with Gasteiger partial charge >= 0.3 is 0 Å². The highest BCUT2D eigenvalue weighted by Gasteiger charge is 2.23. The van der Waals surface area contributed by atoms with E-state index in [-0.39, 0.29) is 6.04 Å². The second-order valence-corrected chi connectivity index (χ2v) is 5.07. The highest BCUT2D eigenvalue weighted by molar-refractivity contribution is 5.76. The van der Waals surface area contributed by atoms with Crippen LogP contribution in [0.25, 0.3) is 11.0 Å². The minimum atomic E-state index is -0.808. The van der Waals surface area contributed by atoms with Gasteiger partial charge in [-0.1, -0.05) is 6.92 Å². The van der Waals surface area contributed by atoms with Crippen LogP contribution in [0.4, 0.5) is 8.78 Å². The number of piperidine rings is 1. The number of aromatic nitrogens is 2. The molecule has 3 nitrogen and oxygen atoms in total. The van der Waals surface area contributed by atoms with Crippen molar-refractivity contribution in [3.8, 4) is 0 Å². The topological polar surface area (TPSA) is 21.1 Å². The first-order valence-electron chi connectivity index (χ1n) is 6.73. The molecule has 1 aromatic carbocycles. The number of halogens is 2. The van der Waals surface area contributed by atoms with Crippen LogP contribution in [0.15, 0.2) is 18.5 Å². The molecule has 0 amide bonds. The Bertz CT molecular complexity index is 594. The van der Waals surface area contributed by atoms with E-state index in [1.54, 1.807) is 10.9 Å². The summed E-state index contributed by atoms with van der Waals surface area (Å²) < 4.78 is 29.2. The van der Waals surface area contributed by atoms with Gasteiger partial charge in [0.05, 0.1) is 11.8 Å². The molecular weight excluding hydrogens is 248 g/mol. The zero-order valence-electron chi connectivity index (χ0n) is 10.9. The summed E-state index contributed by atoms with van der Waals surface area (Å²) in [5.41, 5.74) is 0.815. The molecule has 0 spiro atoms. The van der Waals surface area contributed by atoms with Crippen LogP contribution < -0.4 is 0 Å². The molecule has 1 fully saturated rings. The lowest BCUT2D eigenvalue weighted by Gasteiger charge is -2.32. The fourth-order valence-electron chi connectivity index (χ4n) is 2.88. The van der Waals surface area contributed by atoms with E-state index < -0.39 is 11.6 Å². The molecule has 0 radical (unpaired) electrons. The Balaban J connectivity index is 2.03. The van der Waals surface area contributed by atoms with Gasteiger partial charge in [0, 0.05) is 12.6 Å². The molecule has 1 atom stereocenters. The van der Waals surface area contributed by atoms with Gasteiger partial charge in [0.1, 0.15) is 5.52 Å². The summed E-state index contributed by atoms with van der Waals surface area (Å²) in [4.78, 5) is 6.51. The van der Waals surface area contributed by atoms with Crippen molar-refractivity contribution < 1.29 is 8.78 Å². The van der Waals surface area contributed by atoms with E-state index in [0.717, 1.165) is 38.5 Å². The van der Waals surface area contributed by atoms with Crippen LogP contribution in [-0.2, 0) is 0 Å². The number of likely N-dealkylation sites (tertiary alicyclic amines) is 1. The maximum Gasteiger partial charge on any atom is 0.184 e. The van der Waals surface area contributed by atoms with Gasteiger partial charge in [-0.3, -0.25) is 0 Å². The molecule has 0 bridgehead atoms. The number of likely N-dealkylation sites (N-methyl/N-ethyl adjacent to an activating group) is 1. The predicted octanol–water partition coefficient (Wildman–Crippen LogP) is 2.97. The predicted molar refractivity (Wildman–Crippen MR) is 70.0 cm³/mol. The molecule has 1 saturated heterocycles. The van der Waals surface area contributed by atoms with Crippen LogP contribution in [0.5, 0.6) is 0 Å². The van der Waals surface area contributed by atoms with Gasteiger partial charge in [-0.15, -0.1) is 0 Å². The molecule has 1 aromatic heterocycles. The first-order valence-corrected chi connectivity index (χ1v) is 6.73. The Kier molecular flexibility index (Phi) is 3.22. The van der Waals surface area contributed by atoms with Crippen molar-refractivity contribution in [3.05, 3.63) is 30.1 Å². The lowest BCUT2D eigenvalue weighted by molar-refractivity contribution is 0.187. The molecule has 5 heteroatoms. The van der Waals surface area contributed by atoms with Crippen molar-refractivity contribution in [3.63, 3.8) is 0 Å². The zero-order valence-corrected chi connectivity index (χ0v) is 10.9. The SMILES string of the molecule is CCN1CCCC(n2cnc3ccc(F)c(F)c32)C1. The summed E-state index contributed by atoms with van der Waals surface area (Å²) in [6, 6.07) is 2.84. The molecule has 1 aliphatic rings. The number of fused-ring (bicyclic) bond motifs is 1. The van der Waals surface area contributed by atoms with Gasteiger partial charge in [-0.2, -0.15) is 0 Å². The highest BCUT2D eigenvalue weighted by Crippen LogP contribution is 2.27. The van der Waals surface area contributed by atoms with Gasteiger partial charge in [0.2, 0.25) is 0 Å². The maximum atomic E-state index is 14.0. The average Bonchev–Trinajstić information content (AvgIpc) is 2.87. The Labute approximate surface area is 110 Å². The Morgan fingerprint density at radius 2 is 2.21 bits per heavy atom. The number of hydrogen-bond donors (Lipinski definition) is 0. The molecule has 0 saturated carbocycles. The van der Waals surface area contributed by atoms with E-state index in [9.17, 15) is 8.78 Å². The number of rotatable bonds is 2. The molecule has 102 valence electrons. The zero-order chi connectivity index (χ0) is 13.4. The molecule has 1 aliphatic heterocycles. The summed E-state index contributed by atoms with van der Waals surface area (Å²) in [5, 5.41) is 0. The van der Waals surface area contributed by atoms with E-state index in [1.165, 1.54) is 6.07 Å². The monoisotopic (exact) mass is 265 g/mol. The van der Waals surface area contributed by atoms with Crippen molar-refractivity contribution in [2.24, 2.45) is 0 Å². The minimum Gasteiger partial charge on any atom is -0.324 e. The van der Waals surface area contributed by atoms with Crippen LogP contribution in [0, 0.1) is 11.6 Å². The molecular formula is C14H17F2N3. The second kappa shape index (κ2) is 4.89. The van der Waals surface area contributed by atoms with Crippen LogP contribution in [0.2, 0.25) is 0 Å². The quantitative estimate of drug-likeness (QED) is 0.832. The van der Waals surface area contributed by atoms with E-state index in [1.807, 2.05) is 0 Å². The number of imidazole rings is 1. The average molecular weight is 265 g/mol. The van der Waals surface area contributed by atoms with Crippen LogP contribution in [-0.4, -0.2) is 34.1 Å². The Morgan fingerprint density at radius 3 is 3.00 bits per heavy atom. The highest BCUT2D eigenvalue weighted by atomic mass is 19.2. The van der Waals surface area contributed by atoms with Gasteiger partial charge in [-0.25, -0.2) is 13.8 Å². The summed E-state index contributed by atoms with van der Waals surface area (Å²) >= 11 is 0. The molecule has 0 N–H and O–H groups in total. The third kappa shape index (κ3) is 2.12. The van der Waals surface area contributed by atoms with Crippen LogP contribution >= 0.6 is 0 Å². The van der Waals surface area contributed by atoms with Crippen LogP contribution in [0.3, 0.4) is 0 Å². The third-order valence-electron chi connectivity index (χ3n) is 3.95. The Morgan fingerprint density at radius 1 is 1.37 bits per heavy atom. The lowest BCUT2D eigenvalue weighted by Crippen LogP contribution is -2.36. The lowest BCUT2D eigenvalue weighted by atomic mass is 10.1.